The molecule has 0 aliphatic heterocycles. The summed E-state index contributed by atoms with van der Waals surface area (Å²) in [7, 11) is 0. The predicted octanol–water partition coefficient (Wildman–Crippen LogP) is 2.33. The molecule has 80 valence electrons. The molecule has 0 aromatic carbocycles. The van der Waals surface area contributed by atoms with Crippen LogP contribution in [0.15, 0.2) is 23.7 Å². The molecule has 0 bridgehead atoms. The number of aromatic nitrogens is 1. The molecule has 2 heterocycles. The Bertz CT molecular complexity index is 441. The monoisotopic (exact) mass is 222 g/mol. The van der Waals surface area contributed by atoms with E-state index >= 15 is 0 Å². The van der Waals surface area contributed by atoms with Crippen LogP contribution in [0.3, 0.4) is 0 Å². The molecular weight excluding hydrogens is 208 g/mol. The highest BCUT2D eigenvalue weighted by Gasteiger charge is 2.07. The number of pyridine rings is 1. The van der Waals surface area contributed by atoms with Gasteiger partial charge in [-0.15, -0.1) is 11.3 Å². The molecule has 2 aromatic heterocycles. The molecular formula is C11H14N2OS. The summed E-state index contributed by atoms with van der Waals surface area (Å²) in [5.41, 5.74) is 8.06. The van der Waals surface area contributed by atoms with E-state index in [1.165, 1.54) is 4.70 Å². The van der Waals surface area contributed by atoms with Gasteiger partial charge < -0.3 is 10.5 Å². The first-order chi connectivity index (χ1) is 7.31. The van der Waals surface area contributed by atoms with E-state index in [4.69, 9.17) is 10.5 Å². The highest BCUT2D eigenvalue weighted by Crippen LogP contribution is 2.21. The van der Waals surface area contributed by atoms with E-state index in [1.807, 2.05) is 24.6 Å². The Morgan fingerprint density at radius 3 is 3.27 bits per heavy atom. The van der Waals surface area contributed by atoms with Crippen LogP contribution in [0.4, 0.5) is 0 Å². The minimum atomic E-state index is -0.0797. The minimum absolute atomic E-state index is 0.0797. The normalized spacial score (nSPS) is 13.2. The molecule has 15 heavy (non-hydrogen) atoms. The smallest absolute Gasteiger partial charge is 0.0809 e. The summed E-state index contributed by atoms with van der Waals surface area (Å²) in [5.74, 6) is 0. The largest absolute Gasteiger partial charge is 0.380 e. The molecule has 2 aromatic rings. The molecule has 4 heteroatoms. The topological polar surface area (TPSA) is 48.1 Å². The van der Waals surface area contributed by atoms with E-state index in [-0.39, 0.29) is 6.04 Å². The predicted molar refractivity (Wildman–Crippen MR) is 63.0 cm³/mol. The zero-order valence-electron chi connectivity index (χ0n) is 8.64. The van der Waals surface area contributed by atoms with Crippen molar-refractivity contribution in [1.29, 1.82) is 0 Å². The summed E-state index contributed by atoms with van der Waals surface area (Å²) in [6.07, 6.45) is 1.83. The van der Waals surface area contributed by atoms with Crippen molar-refractivity contribution in [3.8, 4) is 0 Å². The summed E-state index contributed by atoms with van der Waals surface area (Å²) >= 11 is 1.68. The Morgan fingerprint density at radius 2 is 2.47 bits per heavy atom. The Labute approximate surface area is 92.9 Å². The van der Waals surface area contributed by atoms with Crippen LogP contribution in [0.2, 0.25) is 0 Å². The van der Waals surface area contributed by atoms with E-state index in [1.54, 1.807) is 11.3 Å². The second-order valence-corrected chi connectivity index (χ2v) is 4.29. The quantitative estimate of drug-likeness (QED) is 0.863. The van der Waals surface area contributed by atoms with Gasteiger partial charge in [-0.05, 0) is 30.0 Å². The van der Waals surface area contributed by atoms with Gasteiger partial charge in [0.1, 0.15) is 0 Å². The van der Waals surface area contributed by atoms with Crippen molar-refractivity contribution in [2.24, 2.45) is 5.73 Å². The van der Waals surface area contributed by atoms with E-state index in [2.05, 4.69) is 11.1 Å². The van der Waals surface area contributed by atoms with Crippen molar-refractivity contribution in [3.63, 3.8) is 0 Å². The second-order valence-electron chi connectivity index (χ2n) is 3.34. The molecule has 2 N–H and O–H groups in total. The molecule has 0 aliphatic rings. The number of hydrogen-bond acceptors (Lipinski definition) is 4. The maximum atomic E-state index is 5.98. The fraction of sp³-hybridized carbons (Fsp3) is 0.364. The van der Waals surface area contributed by atoms with Crippen molar-refractivity contribution >= 4 is 21.6 Å². The lowest BCUT2D eigenvalue weighted by Gasteiger charge is -2.11. The van der Waals surface area contributed by atoms with Crippen LogP contribution >= 0.6 is 11.3 Å². The standard InChI is InChI=1S/C11H14N2OS/c1-2-14-7-9(12)8-5-11-10(13-6-8)3-4-15-11/h3-6,9H,2,7,12H2,1H3. The van der Waals surface area contributed by atoms with Crippen molar-refractivity contribution in [2.75, 3.05) is 13.2 Å². The lowest BCUT2D eigenvalue weighted by molar-refractivity contribution is 0.133. The Balaban J connectivity index is 2.19. The average Bonchev–Trinajstić information content (AvgIpc) is 2.72. The first-order valence-electron chi connectivity index (χ1n) is 4.97. The fourth-order valence-electron chi connectivity index (χ4n) is 1.41. The van der Waals surface area contributed by atoms with E-state index < -0.39 is 0 Å². The first-order valence-corrected chi connectivity index (χ1v) is 5.85. The van der Waals surface area contributed by atoms with Gasteiger partial charge in [-0.25, -0.2) is 0 Å². The third kappa shape index (κ3) is 2.34. The molecule has 0 saturated heterocycles. The third-order valence-electron chi connectivity index (χ3n) is 2.25. The highest BCUT2D eigenvalue weighted by molar-refractivity contribution is 7.17. The summed E-state index contributed by atoms with van der Waals surface area (Å²) in [6, 6.07) is 4.03. The lowest BCUT2D eigenvalue weighted by atomic mass is 10.1. The summed E-state index contributed by atoms with van der Waals surface area (Å²) in [5, 5.41) is 2.04. The van der Waals surface area contributed by atoms with Gasteiger partial charge in [0.2, 0.25) is 0 Å². The summed E-state index contributed by atoms with van der Waals surface area (Å²) in [4.78, 5) is 4.35. The summed E-state index contributed by atoms with van der Waals surface area (Å²) < 4.78 is 6.47. The van der Waals surface area contributed by atoms with Crippen molar-refractivity contribution in [3.05, 3.63) is 29.3 Å². The third-order valence-corrected chi connectivity index (χ3v) is 3.11. The minimum Gasteiger partial charge on any atom is -0.380 e. The van der Waals surface area contributed by atoms with Crippen LogP contribution < -0.4 is 5.73 Å². The molecule has 0 spiro atoms. The fourth-order valence-corrected chi connectivity index (χ4v) is 2.19. The molecule has 1 unspecified atom stereocenters. The van der Waals surface area contributed by atoms with Gasteiger partial charge in [0, 0.05) is 12.8 Å². The van der Waals surface area contributed by atoms with Gasteiger partial charge in [0.05, 0.1) is 22.9 Å². The second kappa shape index (κ2) is 4.70. The molecule has 2 rings (SSSR count). The number of ether oxygens (including phenoxy) is 1. The van der Waals surface area contributed by atoms with Crippen LogP contribution in [0, 0.1) is 0 Å². The van der Waals surface area contributed by atoms with Gasteiger partial charge in [0.25, 0.3) is 0 Å². The number of hydrogen-bond donors (Lipinski definition) is 1. The summed E-state index contributed by atoms with van der Waals surface area (Å²) in [6.45, 7) is 3.21. The van der Waals surface area contributed by atoms with Crippen LogP contribution in [-0.4, -0.2) is 18.2 Å². The van der Waals surface area contributed by atoms with Gasteiger partial charge in [-0.2, -0.15) is 0 Å². The molecule has 0 aliphatic carbocycles. The van der Waals surface area contributed by atoms with Gasteiger partial charge in [0.15, 0.2) is 0 Å². The van der Waals surface area contributed by atoms with Crippen LogP contribution in [0.1, 0.15) is 18.5 Å². The Hall–Kier alpha value is -0.970. The molecule has 0 saturated carbocycles. The molecule has 0 fully saturated rings. The van der Waals surface area contributed by atoms with Crippen LogP contribution in [-0.2, 0) is 4.74 Å². The number of thiophene rings is 1. The molecule has 1 atom stereocenters. The SMILES string of the molecule is CCOCC(N)c1cnc2ccsc2c1. The number of nitrogens with two attached hydrogens (primary N) is 1. The lowest BCUT2D eigenvalue weighted by Crippen LogP contribution is -2.17. The maximum absolute atomic E-state index is 5.98. The van der Waals surface area contributed by atoms with E-state index in [0.717, 1.165) is 11.1 Å². The number of fused-ring (bicyclic) bond motifs is 1. The molecule has 0 radical (unpaired) electrons. The highest BCUT2D eigenvalue weighted by atomic mass is 32.1. The Kier molecular flexibility index (Phi) is 3.30. The van der Waals surface area contributed by atoms with E-state index in [0.29, 0.717) is 13.2 Å². The zero-order chi connectivity index (χ0) is 10.7. The maximum Gasteiger partial charge on any atom is 0.0809 e. The van der Waals surface area contributed by atoms with Crippen LogP contribution in [0.5, 0.6) is 0 Å². The van der Waals surface area contributed by atoms with E-state index in [9.17, 15) is 0 Å². The van der Waals surface area contributed by atoms with Gasteiger partial charge in [-0.1, -0.05) is 0 Å². The van der Waals surface area contributed by atoms with Crippen LogP contribution in [0.25, 0.3) is 10.2 Å². The van der Waals surface area contributed by atoms with Crippen molar-refractivity contribution in [1.82, 2.24) is 4.98 Å². The van der Waals surface area contributed by atoms with Crippen molar-refractivity contribution < 1.29 is 4.74 Å². The number of nitrogens with zero attached hydrogens (tertiary/aromatic N) is 1. The zero-order valence-corrected chi connectivity index (χ0v) is 9.46. The van der Waals surface area contributed by atoms with Gasteiger partial charge in [-0.3, -0.25) is 4.98 Å². The Morgan fingerprint density at radius 1 is 1.60 bits per heavy atom. The van der Waals surface area contributed by atoms with Gasteiger partial charge >= 0.3 is 0 Å². The average molecular weight is 222 g/mol. The van der Waals surface area contributed by atoms with Crippen molar-refractivity contribution in [2.45, 2.75) is 13.0 Å². The molecule has 3 nitrogen and oxygen atoms in total. The first kappa shape index (κ1) is 10.5. The number of rotatable bonds is 4. The molecule has 0 amide bonds.